The number of carbonyl (C=O) groups is 2. The van der Waals surface area contributed by atoms with Crippen molar-refractivity contribution in [3.63, 3.8) is 0 Å². The molecule has 2 rings (SSSR count). The lowest BCUT2D eigenvalue weighted by Crippen LogP contribution is -2.20. The average Bonchev–Trinajstić information content (AvgIpc) is 2.94. The predicted molar refractivity (Wildman–Crippen MR) is 83.8 cm³/mol. The summed E-state index contributed by atoms with van der Waals surface area (Å²) in [4.78, 5) is 23.5. The van der Waals surface area contributed by atoms with Crippen molar-refractivity contribution < 1.29 is 14.3 Å². The van der Waals surface area contributed by atoms with Crippen molar-refractivity contribution in [2.24, 2.45) is 0 Å². The Balaban J connectivity index is 1.92. The second-order valence-electron chi connectivity index (χ2n) is 4.14. The molecule has 1 amide bonds. The van der Waals surface area contributed by atoms with Crippen molar-refractivity contribution in [2.75, 3.05) is 17.7 Å². The maximum absolute atomic E-state index is 11.8. The molecular weight excluding hydrogens is 326 g/mol. The fourth-order valence-electron chi connectivity index (χ4n) is 1.54. The number of hydrogen-bond donors (Lipinski definition) is 2. The summed E-state index contributed by atoms with van der Waals surface area (Å²) in [6.07, 6.45) is 0. The van der Waals surface area contributed by atoms with Crippen LogP contribution in [0.2, 0.25) is 5.02 Å². The van der Waals surface area contributed by atoms with E-state index in [2.05, 4.69) is 5.32 Å². The monoisotopic (exact) mass is 335 g/mol. The van der Waals surface area contributed by atoms with Gasteiger partial charge in [0.2, 0.25) is 0 Å². The second kappa shape index (κ2) is 6.93. The number of nitrogens with one attached hydrogen (secondary N) is 1. The van der Waals surface area contributed by atoms with Crippen LogP contribution in [0.4, 0.5) is 10.7 Å². The molecule has 6 nitrogen and oxygen atoms in total. The highest BCUT2D eigenvalue weighted by molar-refractivity contribution is 7.14. The lowest BCUT2D eigenvalue weighted by molar-refractivity contribution is -0.119. The number of rotatable bonds is 4. The largest absolute Gasteiger partial charge is 0.452 e. The Kier molecular flexibility index (Phi) is 4.99. The number of benzene rings is 1. The van der Waals surface area contributed by atoms with Gasteiger partial charge >= 0.3 is 5.97 Å². The van der Waals surface area contributed by atoms with E-state index in [-0.39, 0.29) is 11.3 Å². The van der Waals surface area contributed by atoms with Crippen molar-refractivity contribution in [3.8, 4) is 6.07 Å². The number of nitrogens with two attached hydrogens (primary N) is 1. The van der Waals surface area contributed by atoms with Crippen LogP contribution >= 0.6 is 22.9 Å². The number of hydrogen-bond acceptors (Lipinski definition) is 6. The SMILES string of the molecule is N#Cc1ccsc1NC(=O)COC(=O)c1ccc(Cl)c(N)c1. The first-order valence-corrected chi connectivity index (χ1v) is 7.26. The molecule has 2 aromatic rings. The average molecular weight is 336 g/mol. The Morgan fingerprint density at radius 1 is 1.41 bits per heavy atom. The van der Waals surface area contributed by atoms with Crippen molar-refractivity contribution in [3.05, 3.63) is 45.8 Å². The minimum Gasteiger partial charge on any atom is -0.452 e. The van der Waals surface area contributed by atoms with Gasteiger partial charge in [0.05, 0.1) is 21.8 Å². The van der Waals surface area contributed by atoms with Gasteiger partial charge in [0, 0.05) is 0 Å². The van der Waals surface area contributed by atoms with Gasteiger partial charge in [-0.2, -0.15) is 5.26 Å². The maximum atomic E-state index is 11.8. The van der Waals surface area contributed by atoms with E-state index in [1.807, 2.05) is 6.07 Å². The lowest BCUT2D eigenvalue weighted by Gasteiger charge is -2.06. The Labute approximate surface area is 135 Å². The van der Waals surface area contributed by atoms with E-state index in [1.165, 1.54) is 29.5 Å². The summed E-state index contributed by atoms with van der Waals surface area (Å²) in [6, 6.07) is 7.82. The van der Waals surface area contributed by atoms with Crippen LogP contribution in [0.1, 0.15) is 15.9 Å². The zero-order chi connectivity index (χ0) is 16.1. The van der Waals surface area contributed by atoms with Gasteiger partial charge in [-0.05, 0) is 29.6 Å². The third-order valence-electron chi connectivity index (χ3n) is 2.60. The molecule has 0 radical (unpaired) electrons. The molecule has 0 saturated heterocycles. The van der Waals surface area contributed by atoms with E-state index < -0.39 is 18.5 Å². The Morgan fingerprint density at radius 2 is 2.18 bits per heavy atom. The Hall–Kier alpha value is -2.56. The van der Waals surface area contributed by atoms with Crippen LogP contribution in [0.5, 0.6) is 0 Å². The van der Waals surface area contributed by atoms with Crippen LogP contribution in [0.3, 0.4) is 0 Å². The number of carbonyl (C=O) groups excluding carboxylic acids is 2. The molecule has 0 atom stereocenters. The van der Waals surface area contributed by atoms with Gasteiger partial charge in [-0.15, -0.1) is 11.3 Å². The van der Waals surface area contributed by atoms with Crippen LogP contribution in [0, 0.1) is 11.3 Å². The molecule has 22 heavy (non-hydrogen) atoms. The number of ether oxygens (including phenoxy) is 1. The van der Waals surface area contributed by atoms with Crippen LogP contribution in [0.25, 0.3) is 0 Å². The smallest absolute Gasteiger partial charge is 0.338 e. The molecule has 0 bridgehead atoms. The number of nitrogens with zero attached hydrogens (tertiary/aromatic N) is 1. The van der Waals surface area contributed by atoms with Gasteiger partial charge in [0.25, 0.3) is 5.91 Å². The van der Waals surface area contributed by atoms with E-state index in [1.54, 1.807) is 11.4 Å². The van der Waals surface area contributed by atoms with E-state index in [9.17, 15) is 9.59 Å². The third kappa shape index (κ3) is 3.75. The second-order valence-corrected chi connectivity index (χ2v) is 5.46. The van der Waals surface area contributed by atoms with Crippen molar-refractivity contribution in [1.82, 2.24) is 0 Å². The van der Waals surface area contributed by atoms with Crippen LogP contribution in [0.15, 0.2) is 29.6 Å². The number of nitriles is 1. The Morgan fingerprint density at radius 3 is 2.86 bits per heavy atom. The van der Waals surface area contributed by atoms with Gasteiger partial charge in [0.15, 0.2) is 6.61 Å². The van der Waals surface area contributed by atoms with Gasteiger partial charge in [-0.1, -0.05) is 11.6 Å². The molecule has 0 aliphatic rings. The summed E-state index contributed by atoms with van der Waals surface area (Å²) in [7, 11) is 0. The number of esters is 1. The lowest BCUT2D eigenvalue weighted by atomic mass is 10.2. The van der Waals surface area contributed by atoms with E-state index >= 15 is 0 Å². The maximum Gasteiger partial charge on any atom is 0.338 e. The Bertz CT molecular complexity index is 767. The number of halogens is 1. The van der Waals surface area contributed by atoms with Gasteiger partial charge in [-0.25, -0.2) is 4.79 Å². The molecule has 0 spiro atoms. The highest BCUT2D eigenvalue weighted by Gasteiger charge is 2.13. The minimum absolute atomic E-state index is 0.198. The van der Waals surface area contributed by atoms with Crippen LogP contribution in [-0.2, 0) is 9.53 Å². The van der Waals surface area contributed by atoms with Crippen molar-refractivity contribution >= 4 is 45.5 Å². The van der Waals surface area contributed by atoms with Crippen LogP contribution in [-0.4, -0.2) is 18.5 Å². The molecule has 0 unspecified atom stereocenters. The zero-order valence-electron chi connectivity index (χ0n) is 11.1. The summed E-state index contributed by atoms with van der Waals surface area (Å²) in [5, 5.41) is 13.8. The quantitative estimate of drug-likeness (QED) is 0.660. The summed E-state index contributed by atoms with van der Waals surface area (Å²) >= 11 is 6.97. The summed E-state index contributed by atoms with van der Waals surface area (Å²) in [5.74, 6) is -1.22. The van der Waals surface area contributed by atoms with Crippen molar-refractivity contribution in [1.29, 1.82) is 5.26 Å². The fourth-order valence-corrected chi connectivity index (χ4v) is 2.41. The summed E-state index contributed by atoms with van der Waals surface area (Å²) < 4.78 is 4.88. The van der Waals surface area contributed by atoms with Gasteiger partial charge < -0.3 is 15.8 Å². The number of thiophene rings is 1. The predicted octanol–water partition coefficient (Wildman–Crippen LogP) is 2.65. The standard InChI is InChI=1S/C14H10ClN3O3S/c15-10-2-1-8(5-11(10)17)14(20)21-7-12(19)18-13-9(6-16)3-4-22-13/h1-5H,7,17H2,(H,18,19). The highest BCUT2D eigenvalue weighted by Crippen LogP contribution is 2.22. The molecule has 1 aromatic carbocycles. The summed E-state index contributed by atoms with van der Waals surface area (Å²) in [5.41, 5.74) is 6.39. The number of anilines is 2. The molecule has 1 heterocycles. The fraction of sp³-hybridized carbons (Fsp3) is 0.0714. The molecule has 0 saturated carbocycles. The summed E-state index contributed by atoms with van der Waals surface area (Å²) in [6.45, 7) is -0.468. The first-order chi connectivity index (χ1) is 10.5. The highest BCUT2D eigenvalue weighted by atomic mass is 35.5. The van der Waals surface area contributed by atoms with E-state index in [4.69, 9.17) is 27.3 Å². The minimum atomic E-state index is -0.690. The molecule has 0 fully saturated rings. The molecule has 0 aliphatic heterocycles. The first kappa shape index (κ1) is 15.8. The third-order valence-corrected chi connectivity index (χ3v) is 3.78. The molecule has 1 aromatic heterocycles. The zero-order valence-corrected chi connectivity index (χ0v) is 12.7. The first-order valence-electron chi connectivity index (χ1n) is 6.01. The van der Waals surface area contributed by atoms with E-state index in [0.717, 1.165) is 0 Å². The molecule has 8 heteroatoms. The molecule has 0 aliphatic carbocycles. The molecule has 112 valence electrons. The normalized spacial score (nSPS) is 9.82. The number of nitrogen functional groups attached to an aromatic ring is 1. The molecular formula is C14H10ClN3O3S. The van der Waals surface area contributed by atoms with Gasteiger partial charge in [0.1, 0.15) is 11.1 Å². The topological polar surface area (TPSA) is 105 Å². The van der Waals surface area contributed by atoms with Gasteiger partial charge in [-0.3, -0.25) is 4.79 Å². The van der Waals surface area contributed by atoms with E-state index in [0.29, 0.717) is 15.6 Å². The molecule has 3 N–H and O–H groups in total. The number of amides is 1. The van der Waals surface area contributed by atoms with Crippen molar-refractivity contribution in [2.45, 2.75) is 0 Å². The van der Waals surface area contributed by atoms with Crippen LogP contribution < -0.4 is 11.1 Å².